The smallest absolute Gasteiger partial charge is 0.241 e. The summed E-state index contributed by atoms with van der Waals surface area (Å²) in [6, 6.07) is 8.49. The number of benzene rings is 1. The fourth-order valence-electron chi connectivity index (χ4n) is 2.65. The molecule has 0 unspecified atom stereocenters. The maximum atomic E-state index is 10.7. The van der Waals surface area contributed by atoms with E-state index in [4.69, 9.17) is 5.73 Å². The van der Waals surface area contributed by atoms with Gasteiger partial charge < -0.3 is 5.73 Å². The van der Waals surface area contributed by atoms with Crippen LogP contribution in [-0.2, 0) is 4.79 Å². The summed E-state index contributed by atoms with van der Waals surface area (Å²) in [7, 11) is 0. The molecule has 0 atom stereocenters. The maximum absolute atomic E-state index is 10.7. The number of hydrogen-bond acceptors (Lipinski definition) is 1. The summed E-state index contributed by atoms with van der Waals surface area (Å²) in [5.41, 5.74) is 7.53. The standard InChI is InChI=1S/C16H21NO/c1-12-2-7-14(8-3-12)15-9-4-13(5-10-15)6-11-16(17)18/h4-6,9-12,14H,2-3,7-8H2,1H3,(H2,17,18)/b11-6+/t12-,14-. The average Bonchev–Trinajstić information content (AvgIpc) is 2.38. The minimum absolute atomic E-state index is 0.402. The highest BCUT2D eigenvalue weighted by molar-refractivity contribution is 5.90. The van der Waals surface area contributed by atoms with Crippen LogP contribution in [0.4, 0.5) is 0 Å². The highest BCUT2D eigenvalue weighted by Gasteiger charge is 2.19. The van der Waals surface area contributed by atoms with Crippen molar-refractivity contribution in [1.82, 2.24) is 0 Å². The minimum Gasteiger partial charge on any atom is -0.366 e. The summed E-state index contributed by atoms with van der Waals surface area (Å²) >= 11 is 0. The van der Waals surface area contributed by atoms with Crippen LogP contribution in [0.3, 0.4) is 0 Å². The van der Waals surface area contributed by atoms with E-state index in [0.29, 0.717) is 0 Å². The van der Waals surface area contributed by atoms with E-state index in [-0.39, 0.29) is 0 Å². The molecule has 1 aliphatic rings. The van der Waals surface area contributed by atoms with Gasteiger partial charge in [-0.25, -0.2) is 0 Å². The first-order valence-electron chi connectivity index (χ1n) is 6.72. The second-order valence-corrected chi connectivity index (χ2v) is 5.36. The number of amides is 1. The van der Waals surface area contributed by atoms with Gasteiger partial charge in [0.2, 0.25) is 5.91 Å². The zero-order chi connectivity index (χ0) is 13.0. The molecule has 1 saturated carbocycles. The third-order valence-electron chi connectivity index (χ3n) is 3.86. The van der Waals surface area contributed by atoms with E-state index in [2.05, 4.69) is 31.2 Å². The van der Waals surface area contributed by atoms with E-state index in [1.807, 2.05) is 0 Å². The SMILES string of the molecule is C[C@H]1CC[C@H](c2ccc(/C=C/C(N)=O)cc2)CC1. The third kappa shape index (κ3) is 3.46. The van der Waals surface area contributed by atoms with E-state index in [1.165, 1.54) is 37.3 Å². The molecule has 0 radical (unpaired) electrons. The Morgan fingerprint density at radius 1 is 1.17 bits per heavy atom. The van der Waals surface area contributed by atoms with Crippen LogP contribution in [0.5, 0.6) is 0 Å². The Balaban J connectivity index is 2.01. The topological polar surface area (TPSA) is 43.1 Å². The minimum atomic E-state index is -0.402. The average molecular weight is 243 g/mol. The second kappa shape index (κ2) is 5.85. The van der Waals surface area contributed by atoms with Crippen LogP contribution in [0.25, 0.3) is 6.08 Å². The molecular formula is C16H21NO. The number of rotatable bonds is 3. The van der Waals surface area contributed by atoms with Crippen molar-refractivity contribution < 1.29 is 4.79 Å². The van der Waals surface area contributed by atoms with Gasteiger partial charge in [-0.05, 0) is 41.9 Å². The highest BCUT2D eigenvalue weighted by Crippen LogP contribution is 2.35. The number of primary amides is 1. The van der Waals surface area contributed by atoms with E-state index in [0.717, 1.165) is 17.4 Å². The van der Waals surface area contributed by atoms with E-state index < -0.39 is 5.91 Å². The monoisotopic (exact) mass is 243 g/mol. The van der Waals surface area contributed by atoms with Gasteiger partial charge in [0.1, 0.15) is 0 Å². The summed E-state index contributed by atoms with van der Waals surface area (Å²) in [5, 5.41) is 0. The molecule has 1 aliphatic carbocycles. The van der Waals surface area contributed by atoms with Crippen molar-refractivity contribution in [3.05, 3.63) is 41.5 Å². The van der Waals surface area contributed by atoms with Gasteiger partial charge in [-0.1, -0.05) is 44.0 Å². The Morgan fingerprint density at radius 3 is 2.33 bits per heavy atom. The van der Waals surface area contributed by atoms with Crippen LogP contribution in [0.1, 0.15) is 49.7 Å². The molecular weight excluding hydrogens is 222 g/mol. The molecule has 0 spiro atoms. The molecule has 0 aliphatic heterocycles. The first-order valence-corrected chi connectivity index (χ1v) is 6.72. The molecule has 2 heteroatoms. The quantitative estimate of drug-likeness (QED) is 0.811. The predicted octanol–water partition coefficient (Wildman–Crippen LogP) is 3.48. The molecule has 18 heavy (non-hydrogen) atoms. The van der Waals surface area contributed by atoms with Crippen LogP contribution in [0, 0.1) is 5.92 Å². The summed E-state index contributed by atoms with van der Waals surface area (Å²) in [6.45, 7) is 2.34. The molecule has 1 fully saturated rings. The van der Waals surface area contributed by atoms with Gasteiger partial charge in [0.25, 0.3) is 0 Å². The van der Waals surface area contributed by atoms with E-state index >= 15 is 0 Å². The molecule has 0 bridgehead atoms. The summed E-state index contributed by atoms with van der Waals surface area (Å²) < 4.78 is 0. The van der Waals surface area contributed by atoms with Crippen LogP contribution < -0.4 is 5.73 Å². The lowest BCUT2D eigenvalue weighted by atomic mass is 9.79. The molecule has 2 rings (SSSR count). The van der Waals surface area contributed by atoms with Crippen molar-refractivity contribution >= 4 is 12.0 Å². The molecule has 2 nitrogen and oxygen atoms in total. The molecule has 2 N–H and O–H groups in total. The Bertz CT molecular complexity index is 425. The zero-order valence-electron chi connectivity index (χ0n) is 10.9. The normalized spacial score (nSPS) is 24.3. The van der Waals surface area contributed by atoms with E-state index in [9.17, 15) is 4.79 Å². The maximum Gasteiger partial charge on any atom is 0.241 e. The second-order valence-electron chi connectivity index (χ2n) is 5.36. The molecule has 0 aromatic heterocycles. The van der Waals surface area contributed by atoms with Crippen LogP contribution in [-0.4, -0.2) is 5.91 Å². The van der Waals surface area contributed by atoms with Crippen LogP contribution >= 0.6 is 0 Å². The van der Waals surface area contributed by atoms with Gasteiger partial charge in [-0.15, -0.1) is 0 Å². The summed E-state index contributed by atoms with van der Waals surface area (Å²) in [4.78, 5) is 10.7. The number of carbonyl (C=O) groups is 1. The van der Waals surface area contributed by atoms with Gasteiger partial charge in [0, 0.05) is 6.08 Å². The highest BCUT2D eigenvalue weighted by atomic mass is 16.1. The van der Waals surface area contributed by atoms with Gasteiger partial charge in [-0.3, -0.25) is 4.79 Å². The lowest BCUT2D eigenvalue weighted by Crippen LogP contribution is -2.10. The molecule has 1 aromatic rings. The Labute approximate surface area is 109 Å². The molecule has 0 saturated heterocycles. The fourth-order valence-corrected chi connectivity index (χ4v) is 2.65. The molecule has 96 valence electrons. The van der Waals surface area contributed by atoms with Crippen molar-refractivity contribution in [3.8, 4) is 0 Å². The van der Waals surface area contributed by atoms with Gasteiger partial charge in [-0.2, -0.15) is 0 Å². The summed E-state index contributed by atoms with van der Waals surface area (Å²) in [6.07, 6.45) is 8.45. The van der Waals surface area contributed by atoms with Gasteiger partial charge in [0.05, 0.1) is 0 Å². The Morgan fingerprint density at radius 2 is 1.78 bits per heavy atom. The first-order chi connectivity index (χ1) is 8.65. The van der Waals surface area contributed by atoms with Crippen molar-refractivity contribution in [2.75, 3.05) is 0 Å². The van der Waals surface area contributed by atoms with Crippen molar-refractivity contribution in [2.24, 2.45) is 11.7 Å². The number of nitrogens with two attached hydrogens (primary N) is 1. The Hall–Kier alpha value is -1.57. The largest absolute Gasteiger partial charge is 0.366 e. The molecule has 1 aromatic carbocycles. The zero-order valence-corrected chi connectivity index (χ0v) is 10.9. The lowest BCUT2D eigenvalue weighted by Gasteiger charge is -2.26. The van der Waals surface area contributed by atoms with Crippen molar-refractivity contribution in [1.29, 1.82) is 0 Å². The number of carbonyl (C=O) groups excluding carboxylic acids is 1. The number of hydrogen-bond donors (Lipinski definition) is 1. The first kappa shape index (κ1) is 12.9. The van der Waals surface area contributed by atoms with Gasteiger partial charge in [0.15, 0.2) is 0 Å². The van der Waals surface area contributed by atoms with Crippen molar-refractivity contribution in [3.63, 3.8) is 0 Å². The molecule has 0 heterocycles. The predicted molar refractivity (Wildman–Crippen MR) is 75.0 cm³/mol. The summed E-state index contributed by atoms with van der Waals surface area (Å²) in [5.74, 6) is 1.20. The van der Waals surface area contributed by atoms with E-state index in [1.54, 1.807) is 6.08 Å². The van der Waals surface area contributed by atoms with Crippen LogP contribution in [0.2, 0.25) is 0 Å². The van der Waals surface area contributed by atoms with Gasteiger partial charge >= 0.3 is 0 Å². The van der Waals surface area contributed by atoms with Crippen molar-refractivity contribution in [2.45, 2.75) is 38.5 Å². The Kier molecular flexibility index (Phi) is 4.19. The molecule has 1 amide bonds. The lowest BCUT2D eigenvalue weighted by molar-refractivity contribution is -0.113. The fraction of sp³-hybridized carbons (Fsp3) is 0.438. The van der Waals surface area contributed by atoms with Crippen LogP contribution in [0.15, 0.2) is 30.3 Å². The third-order valence-corrected chi connectivity index (χ3v) is 3.86.